The van der Waals surface area contributed by atoms with Gasteiger partial charge in [0.1, 0.15) is 16.8 Å². The van der Waals surface area contributed by atoms with Gasteiger partial charge in [-0.05, 0) is 19.8 Å². The molecule has 1 atom stereocenters. The maximum absolute atomic E-state index is 5.96. The standard InChI is InChI=1S/C12H20ClN3/c1-4-6-9(3)14-12-8-10(13)15-11(16-12)7-5-2/h8-9H,4-7H2,1-3H3,(H,14,15,16). The van der Waals surface area contributed by atoms with Crippen molar-refractivity contribution >= 4 is 17.4 Å². The minimum absolute atomic E-state index is 0.422. The van der Waals surface area contributed by atoms with Crippen LogP contribution in [0.4, 0.5) is 5.82 Å². The highest BCUT2D eigenvalue weighted by Crippen LogP contribution is 2.14. The third kappa shape index (κ3) is 4.35. The lowest BCUT2D eigenvalue weighted by atomic mass is 10.2. The molecule has 1 rings (SSSR count). The van der Waals surface area contributed by atoms with Crippen molar-refractivity contribution in [2.75, 3.05) is 5.32 Å². The fourth-order valence-electron chi connectivity index (χ4n) is 1.63. The molecule has 0 fully saturated rings. The zero-order valence-corrected chi connectivity index (χ0v) is 11.0. The fraction of sp³-hybridized carbons (Fsp3) is 0.667. The van der Waals surface area contributed by atoms with E-state index in [-0.39, 0.29) is 0 Å². The summed E-state index contributed by atoms with van der Waals surface area (Å²) in [5.74, 6) is 1.66. The monoisotopic (exact) mass is 241 g/mol. The summed E-state index contributed by atoms with van der Waals surface area (Å²) < 4.78 is 0. The molecular weight excluding hydrogens is 222 g/mol. The molecule has 0 saturated heterocycles. The molecule has 16 heavy (non-hydrogen) atoms. The number of aryl methyl sites for hydroxylation is 1. The maximum Gasteiger partial charge on any atom is 0.134 e. The number of hydrogen-bond donors (Lipinski definition) is 1. The predicted molar refractivity (Wildman–Crippen MR) is 69.0 cm³/mol. The third-order valence-electron chi connectivity index (χ3n) is 2.33. The van der Waals surface area contributed by atoms with Crippen LogP contribution in [0.1, 0.15) is 45.9 Å². The molecule has 1 heterocycles. The van der Waals surface area contributed by atoms with Gasteiger partial charge in [0.2, 0.25) is 0 Å². The summed E-state index contributed by atoms with van der Waals surface area (Å²) >= 11 is 5.96. The summed E-state index contributed by atoms with van der Waals surface area (Å²) in [5.41, 5.74) is 0. The van der Waals surface area contributed by atoms with E-state index in [2.05, 4.69) is 36.1 Å². The number of halogens is 1. The SMILES string of the molecule is CCCc1nc(Cl)cc(NC(C)CCC)n1. The number of aromatic nitrogens is 2. The molecule has 1 unspecified atom stereocenters. The Morgan fingerprint density at radius 3 is 2.69 bits per heavy atom. The molecule has 1 N–H and O–H groups in total. The summed E-state index contributed by atoms with van der Waals surface area (Å²) in [6, 6.07) is 2.21. The minimum atomic E-state index is 0.422. The van der Waals surface area contributed by atoms with E-state index in [0.717, 1.165) is 37.3 Å². The highest BCUT2D eigenvalue weighted by Gasteiger charge is 2.05. The smallest absolute Gasteiger partial charge is 0.134 e. The van der Waals surface area contributed by atoms with Crippen LogP contribution in [-0.4, -0.2) is 16.0 Å². The Morgan fingerprint density at radius 1 is 1.31 bits per heavy atom. The lowest BCUT2D eigenvalue weighted by Crippen LogP contribution is -2.16. The Bertz CT molecular complexity index is 328. The van der Waals surface area contributed by atoms with Crippen molar-refractivity contribution in [3.05, 3.63) is 17.0 Å². The van der Waals surface area contributed by atoms with E-state index >= 15 is 0 Å². The number of anilines is 1. The van der Waals surface area contributed by atoms with Crippen LogP contribution < -0.4 is 5.32 Å². The zero-order valence-electron chi connectivity index (χ0n) is 10.3. The molecule has 3 nitrogen and oxygen atoms in total. The first-order valence-electron chi connectivity index (χ1n) is 5.95. The van der Waals surface area contributed by atoms with Gasteiger partial charge in [0.05, 0.1) is 0 Å². The Hall–Kier alpha value is -0.830. The van der Waals surface area contributed by atoms with Gasteiger partial charge in [-0.1, -0.05) is 31.9 Å². The molecule has 0 aromatic carbocycles. The highest BCUT2D eigenvalue weighted by atomic mass is 35.5. The van der Waals surface area contributed by atoms with Crippen molar-refractivity contribution in [3.63, 3.8) is 0 Å². The van der Waals surface area contributed by atoms with Crippen LogP contribution in [0.3, 0.4) is 0 Å². The molecule has 0 spiro atoms. The van der Waals surface area contributed by atoms with Crippen molar-refractivity contribution in [1.82, 2.24) is 9.97 Å². The van der Waals surface area contributed by atoms with E-state index in [0.29, 0.717) is 11.2 Å². The summed E-state index contributed by atoms with van der Waals surface area (Å²) in [6.07, 6.45) is 4.20. The molecule has 4 heteroatoms. The number of nitrogens with zero attached hydrogens (tertiary/aromatic N) is 2. The molecule has 0 bridgehead atoms. The van der Waals surface area contributed by atoms with Gasteiger partial charge < -0.3 is 5.32 Å². The summed E-state index contributed by atoms with van der Waals surface area (Å²) in [4.78, 5) is 8.63. The largest absolute Gasteiger partial charge is 0.367 e. The van der Waals surface area contributed by atoms with Gasteiger partial charge in [-0.3, -0.25) is 0 Å². The second-order valence-electron chi connectivity index (χ2n) is 4.08. The average molecular weight is 242 g/mol. The van der Waals surface area contributed by atoms with Gasteiger partial charge in [-0.2, -0.15) is 0 Å². The third-order valence-corrected chi connectivity index (χ3v) is 2.52. The fourth-order valence-corrected chi connectivity index (χ4v) is 1.83. The van der Waals surface area contributed by atoms with E-state index in [1.54, 1.807) is 6.07 Å². The molecule has 0 saturated carbocycles. The number of rotatable bonds is 6. The predicted octanol–water partition coefficient (Wildman–Crippen LogP) is 3.68. The van der Waals surface area contributed by atoms with E-state index < -0.39 is 0 Å². The molecule has 0 radical (unpaired) electrons. The van der Waals surface area contributed by atoms with Crippen molar-refractivity contribution in [3.8, 4) is 0 Å². The molecular formula is C12H20ClN3. The van der Waals surface area contributed by atoms with Crippen LogP contribution in [0.15, 0.2) is 6.07 Å². The van der Waals surface area contributed by atoms with Crippen molar-refractivity contribution in [2.24, 2.45) is 0 Å². The summed E-state index contributed by atoms with van der Waals surface area (Å²) in [5, 5.41) is 3.87. The van der Waals surface area contributed by atoms with Gasteiger partial charge in [0.25, 0.3) is 0 Å². The van der Waals surface area contributed by atoms with Gasteiger partial charge in [-0.25, -0.2) is 9.97 Å². The quantitative estimate of drug-likeness (QED) is 0.772. The topological polar surface area (TPSA) is 37.8 Å². The van der Waals surface area contributed by atoms with Crippen LogP contribution in [-0.2, 0) is 6.42 Å². The molecule has 1 aromatic heterocycles. The second-order valence-corrected chi connectivity index (χ2v) is 4.46. The molecule has 1 aromatic rings. The van der Waals surface area contributed by atoms with Gasteiger partial charge >= 0.3 is 0 Å². The lowest BCUT2D eigenvalue weighted by molar-refractivity contribution is 0.685. The molecule has 0 aliphatic rings. The molecule has 0 aliphatic heterocycles. The molecule has 90 valence electrons. The Labute approximate surface area is 103 Å². The molecule has 0 amide bonds. The van der Waals surface area contributed by atoms with Crippen molar-refractivity contribution in [2.45, 2.75) is 52.5 Å². The normalized spacial score (nSPS) is 12.5. The maximum atomic E-state index is 5.96. The Kier molecular flexibility index (Phi) is 5.53. The lowest BCUT2D eigenvalue weighted by Gasteiger charge is -2.14. The Balaban J connectivity index is 2.71. The minimum Gasteiger partial charge on any atom is -0.367 e. The van der Waals surface area contributed by atoms with Crippen molar-refractivity contribution < 1.29 is 0 Å². The van der Waals surface area contributed by atoms with Crippen LogP contribution in [0, 0.1) is 0 Å². The van der Waals surface area contributed by atoms with Gasteiger partial charge in [0.15, 0.2) is 0 Å². The first kappa shape index (κ1) is 13.2. The van der Waals surface area contributed by atoms with Crippen LogP contribution in [0.25, 0.3) is 0 Å². The number of nitrogens with one attached hydrogen (secondary N) is 1. The van der Waals surface area contributed by atoms with Gasteiger partial charge in [-0.15, -0.1) is 0 Å². The van der Waals surface area contributed by atoms with E-state index in [1.807, 2.05) is 0 Å². The first-order valence-corrected chi connectivity index (χ1v) is 6.33. The molecule has 0 aliphatic carbocycles. The van der Waals surface area contributed by atoms with Crippen molar-refractivity contribution in [1.29, 1.82) is 0 Å². The van der Waals surface area contributed by atoms with E-state index in [9.17, 15) is 0 Å². The van der Waals surface area contributed by atoms with Crippen LogP contribution in [0.2, 0.25) is 5.15 Å². The first-order chi connectivity index (χ1) is 7.65. The van der Waals surface area contributed by atoms with E-state index in [1.165, 1.54) is 0 Å². The Morgan fingerprint density at radius 2 is 2.06 bits per heavy atom. The summed E-state index contributed by atoms with van der Waals surface area (Å²) in [6.45, 7) is 6.43. The van der Waals surface area contributed by atoms with Crippen LogP contribution in [0.5, 0.6) is 0 Å². The second kappa shape index (κ2) is 6.69. The van der Waals surface area contributed by atoms with E-state index in [4.69, 9.17) is 11.6 Å². The van der Waals surface area contributed by atoms with Crippen LogP contribution >= 0.6 is 11.6 Å². The van der Waals surface area contributed by atoms with Gasteiger partial charge in [0, 0.05) is 18.5 Å². The highest BCUT2D eigenvalue weighted by molar-refractivity contribution is 6.29. The zero-order chi connectivity index (χ0) is 12.0. The number of hydrogen-bond acceptors (Lipinski definition) is 3. The summed E-state index contributed by atoms with van der Waals surface area (Å²) in [7, 11) is 0. The average Bonchev–Trinajstić information content (AvgIpc) is 2.17.